The molecule has 1 heterocycles. The van der Waals surface area contributed by atoms with Gasteiger partial charge in [-0.3, -0.25) is 0 Å². The molecule has 2 aromatic carbocycles. The molecule has 26 heavy (non-hydrogen) atoms. The van der Waals surface area contributed by atoms with Crippen LogP contribution in [0.4, 0.5) is 4.79 Å². The molecular formula is C19H24N2O4S. The van der Waals surface area contributed by atoms with Gasteiger partial charge in [0, 0.05) is 31.0 Å². The summed E-state index contributed by atoms with van der Waals surface area (Å²) in [5.41, 5.74) is 0.915. The highest BCUT2D eigenvalue weighted by Crippen LogP contribution is 2.28. The maximum Gasteiger partial charge on any atom is 0.317 e. The Balaban J connectivity index is 1.76. The average molecular weight is 376 g/mol. The first-order valence-electron chi connectivity index (χ1n) is 8.66. The third kappa shape index (κ3) is 4.09. The van der Waals surface area contributed by atoms with Gasteiger partial charge in [-0.05, 0) is 29.7 Å². The molecule has 0 radical (unpaired) electrons. The quantitative estimate of drug-likeness (QED) is 0.870. The molecule has 1 fully saturated rings. The smallest absolute Gasteiger partial charge is 0.317 e. The van der Waals surface area contributed by atoms with Crippen LogP contribution in [0.3, 0.4) is 0 Å². The lowest BCUT2D eigenvalue weighted by molar-refractivity contribution is 0.196. The molecule has 0 bridgehead atoms. The number of sulfone groups is 1. The van der Waals surface area contributed by atoms with Gasteiger partial charge in [-0.1, -0.05) is 30.3 Å². The van der Waals surface area contributed by atoms with Crippen LogP contribution in [0.15, 0.2) is 36.4 Å². The van der Waals surface area contributed by atoms with Crippen molar-refractivity contribution >= 4 is 26.6 Å². The number of urea groups is 1. The minimum atomic E-state index is -3.12. The number of nitrogens with zero attached hydrogens (tertiary/aromatic N) is 1. The zero-order chi connectivity index (χ0) is 18.7. The van der Waals surface area contributed by atoms with Crippen LogP contribution in [0.25, 0.3) is 10.8 Å². The minimum Gasteiger partial charge on any atom is -0.496 e. The van der Waals surface area contributed by atoms with Crippen molar-refractivity contribution < 1.29 is 17.9 Å². The summed E-state index contributed by atoms with van der Waals surface area (Å²) < 4.78 is 28.6. The fraction of sp³-hybridized carbons (Fsp3) is 0.421. The lowest BCUT2D eigenvalue weighted by atomic mass is 10.0. The summed E-state index contributed by atoms with van der Waals surface area (Å²) >= 11 is 0. The SMILES string of the molecule is COc1ccc2ccccc2c1CNC(=O)N1CCC[C@@H]1CS(C)(=O)=O. The number of benzene rings is 2. The lowest BCUT2D eigenvalue weighted by Gasteiger charge is -2.24. The van der Waals surface area contributed by atoms with Crippen LogP contribution >= 0.6 is 0 Å². The molecule has 1 aliphatic rings. The second-order valence-electron chi connectivity index (χ2n) is 6.71. The molecule has 1 N–H and O–H groups in total. The third-order valence-electron chi connectivity index (χ3n) is 4.77. The number of carbonyl (C=O) groups is 1. The van der Waals surface area contributed by atoms with Crippen molar-refractivity contribution in [3.05, 3.63) is 42.0 Å². The number of hydrogen-bond acceptors (Lipinski definition) is 4. The van der Waals surface area contributed by atoms with Gasteiger partial charge in [-0.15, -0.1) is 0 Å². The van der Waals surface area contributed by atoms with Crippen molar-refractivity contribution in [1.82, 2.24) is 10.2 Å². The molecule has 0 spiro atoms. The number of nitrogens with one attached hydrogen (secondary N) is 1. The van der Waals surface area contributed by atoms with Gasteiger partial charge in [0.1, 0.15) is 15.6 Å². The van der Waals surface area contributed by atoms with Gasteiger partial charge in [-0.2, -0.15) is 0 Å². The second-order valence-corrected chi connectivity index (χ2v) is 8.89. The molecule has 7 heteroatoms. The monoisotopic (exact) mass is 376 g/mol. The highest BCUT2D eigenvalue weighted by atomic mass is 32.2. The van der Waals surface area contributed by atoms with E-state index in [9.17, 15) is 13.2 Å². The van der Waals surface area contributed by atoms with E-state index in [-0.39, 0.29) is 17.8 Å². The van der Waals surface area contributed by atoms with Crippen molar-refractivity contribution in [3.63, 3.8) is 0 Å². The van der Waals surface area contributed by atoms with E-state index in [1.54, 1.807) is 12.0 Å². The van der Waals surface area contributed by atoms with Crippen molar-refractivity contribution in [2.75, 3.05) is 25.7 Å². The van der Waals surface area contributed by atoms with E-state index >= 15 is 0 Å². The summed E-state index contributed by atoms with van der Waals surface area (Å²) in [6.07, 6.45) is 2.76. The first-order chi connectivity index (χ1) is 12.4. The molecule has 2 amide bonds. The van der Waals surface area contributed by atoms with E-state index < -0.39 is 9.84 Å². The van der Waals surface area contributed by atoms with E-state index in [1.165, 1.54) is 6.26 Å². The van der Waals surface area contributed by atoms with Crippen LogP contribution in [-0.2, 0) is 16.4 Å². The molecule has 6 nitrogen and oxygen atoms in total. The Labute approximate surface area is 154 Å². The van der Waals surface area contributed by atoms with E-state index in [4.69, 9.17) is 4.74 Å². The first kappa shape index (κ1) is 18.5. The van der Waals surface area contributed by atoms with Crippen LogP contribution in [0.1, 0.15) is 18.4 Å². The summed E-state index contributed by atoms with van der Waals surface area (Å²) in [4.78, 5) is 14.3. The van der Waals surface area contributed by atoms with Crippen LogP contribution < -0.4 is 10.1 Å². The highest BCUT2D eigenvalue weighted by molar-refractivity contribution is 7.90. The maximum absolute atomic E-state index is 12.6. The summed E-state index contributed by atoms with van der Waals surface area (Å²) in [5, 5.41) is 5.04. The topological polar surface area (TPSA) is 75.7 Å². The number of hydrogen-bond donors (Lipinski definition) is 1. The van der Waals surface area contributed by atoms with Gasteiger partial charge in [0.15, 0.2) is 0 Å². The first-order valence-corrected chi connectivity index (χ1v) is 10.7. The van der Waals surface area contributed by atoms with Crippen molar-refractivity contribution in [2.45, 2.75) is 25.4 Å². The van der Waals surface area contributed by atoms with Crippen LogP contribution in [0, 0.1) is 0 Å². The molecule has 0 aromatic heterocycles. The van der Waals surface area contributed by atoms with Gasteiger partial charge in [0.05, 0.1) is 12.9 Å². The Morgan fingerprint density at radius 2 is 2.04 bits per heavy atom. The number of rotatable bonds is 5. The molecule has 3 rings (SSSR count). The largest absolute Gasteiger partial charge is 0.496 e. The Morgan fingerprint density at radius 1 is 1.27 bits per heavy atom. The zero-order valence-corrected chi connectivity index (χ0v) is 15.9. The highest BCUT2D eigenvalue weighted by Gasteiger charge is 2.31. The van der Waals surface area contributed by atoms with E-state index in [1.807, 2.05) is 36.4 Å². The van der Waals surface area contributed by atoms with Gasteiger partial charge >= 0.3 is 6.03 Å². The van der Waals surface area contributed by atoms with Gasteiger partial charge in [-0.25, -0.2) is 13.2 Å². The molecule has 0 saturated carbocycles. The molecule has 1 saturated heterocycles. The Kier molecular flexibility index (Phi) is 5.36. The molecule has 0 aliphatic carbocycles. The number of methoxy groups -OCH3 is 1. The predicted octanol–water partition coefficient (Wildman–Crippen LogP) is 2.57. The summed E-state index contributed by atoms with van der Waals surface area (Å²) in [5.74, 6) is 0.732. The van der Waals surface area contributed by atoms with Gasteiger partial charge < -0.3 is 15.0 Å². The lowest BCUT2D eigenvalue weighted by Crippen LogP contribution is -2.45. The minimum absolute atomic E-state index is 0.0119. The fourth-order valence-corrected chi connectivity index (χ4v) is 4.63. The fourth-order valence-electron chi connectivity index (χ4n) is 3.58. The van der Waals surface area contributed by atoms with Crippen LogP contribution in [0.5, 0.6) is 5.75 Å². The van der Waals surface area contributed by atoms with Crippen LogP contribution in [0.2, 0.25) is 0 Å². The normalized spacial score (nSPS) is 17.5. The number of amides is 2. The molecule has 1 aliphatic heterocycles. The summed E-state index contributed by atoms with van der Waals surface area (Å²) in [6, 6.07) is 11.3. The van der Waals surface area contributed by atoms with Crippen LogP contribution in [-0.4, -0.2) is 51.1 Å². The Morgan fingerprint density at radius 3 is 2.77 bits per heavy atom. The van der Waals surface area contributed by atoms with E-state index in [0.29, 0.717) is 13.1 Å². The summed E-state index contributed by atoms with van der Waals surface area (Å²) in [7, 11) is -1.51. The third-order valence-corrected chi connectivity index (χ3v) is 5.76. The van der Waals surface area contributed by atoms with E-state index in [0.717, 1.165) is 34.9 Å². The predicted molar refractivity (Wildman–Crippen MR) is 102 cm³/mol. The number of fused-ring (bicyclic) bond motifs is 1. The van der Waals surface area contributed by atoms with Crippen molar-refractivity contribution in [2.24, 2.45) is 0 Å². The van der Waals surface area contributed by atoms with Gasteiger partial charge in [0.25, 0.3) is 0 Å². The molecular weight excluding hydrogens is 352 g/mol. The molecule has 2 aromatic rings. The zero-order valence-electron chi connectivity index (χ0n) is 15.1. The molecule has 0 unspecified atom stereocenters. The second kappa shape index (κ2) is 7.53. The van der Waals surface area contributed by atoms with E-state index in [2.05, 4.69) is 5.32 Å². The molecule has 1 atom stereocenters. The Hall–Kier alpha value is -2.28. The maximum atomic E-state index is 12.6. The van der Waals surface area contributed by atoms with Crippen molar-refractivity contribution in [3.8, 4) is 5.75 Å². The standard InChI is InChI=1S/C19H24N2O4S/c1-25-18-10-9-14-6-3-4-8-16(14)17(18)12-20-19(22)21-11-5-7-15(21)13-26(2,23)24/h3-4,6,8-10,15H,5,7,11-13H2,1-2H3,(H,20,22)/t15-/m1/s1. The Bertz CT molecular complexity index is 911. The average Bonchev–Trinajstić information content (AvgIpc) is 3.05. The number of ether oxygens (including phenoxy) is 1. The van der Waals surface area contributed by atoms with Gasteiger partial charge in [0.2, 0.25) is 0 Å². The number of likely N-dealkylation sites (tertiary alicyclic amines) is 1. The number of carbonyl (C=O) groups excluding carboxylic acids is 1. The summed E-state index contributed by atoms with van der Waals surface area (Å²) in [6.45, 7) is 0.907. The van der Waals surface area contributed by atoms with Crippen molar-refractivity contribution in [1.29, 1.82) is 0 Å². The molecule has 140 valence electrons.